The maximum absolute atomic E-state index is 14.2. The van der Waals surface area contributed by atoms with Crippen molar-refractivity contribution in [2.24, 2.45) is 5.92 Å². The van der Waals surface area contributed by atoms with Gasteiger partial charge in [0.05, 0.1) is 5.69 Å². The van der Waals surface area contributed by atoms with Crippen molar-refractivity contribution < 1.29 is 18.7 Å². The van der Waals surface area contributed by atoms with Crippen LogP contribution in [0.2, 0.25) is 0 Å². The van der Waals surface area contributed by atoms with E-state index in [1.54, 1.807) is 12.1 Å². The molecule has 1 atom stereocenters. The van der Waals surface area contributed by atoms with E-state index < -0.39 is 17.7 Å². The number of carbonyl (C=O) groups is 1. The number of benzene rings is 2. The highest BCUT2D eigenvalue weighted by Gasteiger charge is 2.27. The second kappa shape index (κ2) is 7.19. The predicted octanol–water partition coefficient (Wildman–Crippen LogP) is 4.07. The number of likely N-dealkylation sites (tertiary alicyclic amines) is 1. The summed E-state index contributed by atoms with van der Waals surface area (Å²) in [7, 11) is 1.99. The summed E-state index contributed by atoms with van der Waals surface area (Å²) in [5.41, 5.74) is 0.729. The first-order valence-corrected chi connectivity index (χ1v) is 8.19. The molecule has 132 valence electrons. The largest absolute Gasteiger partial charge is 0.465 e. The molecule has 0 bridgehead atoms. The number of rotatable bonds is 4. The molecule has 0 unspecified atom stereocenters. The number of nitrogens with zero attached hydrogens (tertiary/aromatic N) is 2. The zero-order valence-electron chi connectivity index (χ0n) is 14.0. The SMILES string of the molecule is CN1CC[C@@H](CN(C(=O)O)c2ccc(F)cc2-c2ccccc2F)C1. The van der Waals surface area contributed by atoms with E-state index >= 15 is 0 Å². The minimum atomic E-state index is -1.13. The molecule has 0 saturated carbocycles. The van der Waals surface area contributed by atoms with E-state index in [0.717, 1.165) is 19.5 Å². The van der Waals surface area contributed by atoms with Gasteiger partial charge in [0, 0.05) is 24.2 Å². The smallest absolute Gasteiger partial charge is 0.411 e. The average molecular weight is 346 g/mol. The Morgan fingerprint density at radius 3 is 2.64 bits per heavy atom. The van der Waals surface area contributed by atoms with Crippen molar-refractivity contribution in [1.29, 1.82) is 0 Å². The highest BCUT2D eigenvalue weighted by molar-refractivity contribution is 5.93. The van der Waals surface area contributed by atoms with Gasteiger partial charge in [-0.3, -0.25) is 4.90 Å². The van der Waals surface area contributed by atoms with Gasteiger partial charge in [0.1, 0.15) is 11.6 Å². The van der Waals surface area contributed by atoms with E-state index in [4.69, 9.17) is 0 Å². The van der Waals surface area contributed by atoms with Gasteiger partial charge < -0.3 is 10.0 Å². The fourth-order valence-corrected chi connectivity index (χ4v) is 3.35. The van der Waals surface area contributed by atoms with E-state index in [1.807, 2.05) is 7.05 Å². The zero-order chi connectivity index (χ0) is 18.0. The van der Waals surface area contributed by atoms with E-state index in [0.29, 0.717) is 12.2 Å². The molecule has 2 aromatic rings. The lowest BCUT2D eigenvalue weighted by atomic mass is 10.0. The Balaban J connectivity index is 2.02. The van der Waals surface area contributed by atoms with Gasteiger partial charge in [-0.15, -0.1) is 0 Å². The molecule has 4 nitrogen and oxygen atoms in total. The Hall–Kier alpha value is -2.47. The lowest BCUT2D eigenvalue weighted by molar-refractivity contribution is 0.200. The summed E-state index contributed by atoms with van der Waals surface area (Å²) in [5, 5.41) is 9.69. The van der Waals surface area contributed by atoms with Gasteiger partial charge in [0.25, 0.3) is 0 Å². The first-order chi connectivity index (χ1) is 12.0. The fraction of sp³-hybridized carbons (Fsp3) is 0.316. The van der Waals surface area contributed by atoms with Crippen molar-refractivity contribution in [3.8, 4) is 11.1 Å². The van der Waals surface area contributed by atoms with Gasteiger partial charge >= 0.3 is 6.09 Å². The van der Waals surface area contributed by atoms with E-state index in [-0.39, 0.29) is 17.0 Å². The molecule has 0 aromatic heterocycles. The van der Waals surface area contributed by atoms with Gasteiger partial charge in [0.2, 0.25) is 0 Å². The Labute approximate surface area is 145 Å². The van der Waals surface area contributed by atoms with Crippen molar-refractivity contribution in [2.75, 3.05) is 31.6 Å². The summed E-state index contributed by atoms with van der Waals surface area (Å²) in [6, 6.07) is 9.79. The molecule has 0 aliphatic carbocycles. The number of hydrogen-bond acceptors (Lipinski definition) is 2. The van der Waals surface area contributed by atoms with Gasteiger partial charge in [-0.25, -0.2) is 13.6 Å². The van der Waals surface area contributed by atoms with Crippen LogP contribution in [0.1, 0.15) is 6.42 Å². The van der Waals surface area contributed by atoms with Crippen LogP contribution in [0.25, 0.3) is 11.1 Å². The summed E-state index contributed by atoms with van der Waals surface area (Å²) in [4.78, 5) is 15.2. The molecule has 1 amide bonds. The maximum atomic E-state index is 14.2. The average Bonchev–Trinajstić information content (AvgIpc) is 2.98. The number of amides is 1. The highest BCUT2D eigenvalue weighted by Crippen LogP contribution is 2.34. The zero-order valence-corrected chi connectivity index (χ0v) is 14.0. The molecule has 1 aliphatic heterocycles. The second-order valence-corrected chi connectivity index (χ2v) is 6.45. The molecule has 2 aromatic carbocycles. The molecular weight excluding hydrogens is 326 g/mol. The van der Waals surface area contributed by atoms with Crippen LogP contribution >= 0.6 is 0 Å². The predicted molar refractivity (Wildman–Crippen MR) is 92.8 cm³/mol. The molecule has 1 N–H and O–H groups in total. The summed E-state index contributed by atoms with van der Waals surface area (Å²) in [5.74, 6) is -0.854. The van der Waals surface area contributed by atoms with E-state index in [2.05, 4.69) is 4.90 Å². The maximum Gasteiger partial charge on any atom is 0.411 e. The Morgan fingerprint density at radius 2 is 2.00 bits per heavy atom. The fourth-order valence-electron chi connectivity index (χ4n) is 3.35. The third-order valence-corrected chi connectivity index (χ3v) is 4.57. The topological polar surface area (TPSA) is 43.8 Å². The Kier molecular flexibility index (Phi) is 4.99. The van der Waals surface area contributed by atoms with Gasteiger partial charge in [-0.1, -0.05) is 18.2 Å². The molecule has 6 heteroatoms. The quantitative estimate of drug-likeness (QED) is 0.908. The minimum absolute atomic E-state index is 0.187. The molecule has 1 heterocycles. The van der Waals surface area contributed by atoms with Crippen molar-refractivity contribution in [3.05, 3.63) is 54.1 Å². The van der Waals surface area contributed by atoms with Gasteiger partial charge in [0.15, 0.2) is 0 Å². The molecule has 1 fully saturated rings. The van der Waals surface area contributed by atoms with Crippen LogP contribution in [0.4, 0.5) is 19.3 Å². The Morgan fingerprint density at radius 1 is 1.24 bits per heavy atom. The molecule has 25 heavy (non-hydrogen) atoms. The lowest BCUT2D eigenvalue weighted by Crippen LogP contribution is -2.35. The number of hydrogen-bond donors (Lipinski definition) is 1. The molecule has 0 radical (unpaired) electrons. The van der Waals surface area contributed by atoms with Crippen LogP contribution in [0, 0.1) is 17.6 Å². The number of anilines is 1. The van der Waals surface area contributed by atoms with E-state index in [1.165, 1.54) is 35.2 Å². The first-order valence-electron chi connectivity index (χ1n) is 8.19. The second-order valence-electron chi connectivity index (χ2n) is 6.45. The molecule has 1 aliphatic rings. The minimum Gasteiger partial charge on any atom is -0.465 e. The van der Waals surface area contributed by atoms with Crippen LogP contribution in [-0.4, -0.2) is 42.8 Å². The summed E-state index contributed by atoms with van der Waals surface area (Å²) in [6.07, 6.45) is -0.227. The van der Waals surface area contributed by atoms with Crippen LogP contribution in [0.15, 0.2) is 42.5 Å². The third kappa shape index (κ3) is 3.79. The van der Waals surface area contributed by atoms with Crippen LogP contribution in [0.5, 0.6) is 0 Å². The summed E-state index contributed by atoms with van der Waals surface area (Å²) >= 11 is 0. The van der Waals surface area contributed by atoms with Gasteiger partial charge in [-0.05, 0) is 50.2 Å². The third-order valence-electron chi connectivity index (χ3n) is 4.57. The van der Waals surface area contributed by atoms with Crippen molar-refractivity contribution in [1.82, 2.24) is 4.90 Å². The van der Waals surface area contributed by atoms with Crippen LogP contribution < -0.4 is 4.90 Å². The van der Waals surface area contributed by atoms with Gasteiger partial charge in [-0.2, -0.15) is 0 Å². The normalized spacial score (nSPS) is 17.6. The molecule has 1 saturated heterocycles. The van der Waals surface area contributed by atoms with Crippen molar-refractivity contribution >= 4 is 11.8 Å². The summed E-state index contributed by atoms with van der Waals surface area (Å²) in [6.45, 7) is 2.02. The molecule has 0 spiro atoms. The monoisotopic (exact) mass is 346 g/mol. The van der Waals surface area contributed by atoms with Crippen molar-refractivity contribution in [2.45, 2.75) is 6.42 Å². The highest BCUT2D eigenvalue weighted by atomic mass is 19.1. The van der Waals surface area contributed by atoms with E-state index in [9.17, 15) is 18.7 Å². The summed E-state index contributed by atoms with van der Waals surface area (Å²) < 4.78 is 28.0. The number of halogens is 2. The van der Waals surface area contributed by atoms with Crippen LogP contribution in [-0.2, 0) is 0 Å². The standard InChI is InChI=1S/C19H20F2N2O2/c1-22-9-8-13(11-22)12-23(19(24)25)18-7-6-14(20)10-16(18)15-4-2-3-5-17(15)21/h2-7,10,13H,8-9,11-12H2,1H3,(H,24,25)/t13-/m1/s1. The molecular formula is C19H20F2N2O2. The van der Waals surface area contributed by atoms with Crippen molar-refractivity contribution in [3.63, 3.8) is 0 Å². The first kappa shape index (κ1) is 17.4. The number of carboxylic acid groups (broad SMARTS) is 1. The van der Waals surface area contributed by atoms with Crippen LogP contribution in [0.3, 0.4) is 0 Å². The lowest BCUT2D eigenvalue weighted by Gasteiger charge is -2.25. The Bertz CT molecular complexity index is 782. The molecule has 3 rings (SSSR count).